The van der Waals surface area contributed by atoms with Gasteiger partial charge in [-0.1, -0.05) is 12.6 Å². The highest BCUT2D eigenvalue weighted by Gasteiger charge is 2.30. The van der Waals surface area contributed by atoms with Gasteiger partial charge in [0.05, 0.1) is 13.2 Å². The molecule has 4 nitrogen and oxygen atoms in total. The number of hydrogen-bond acceptors (Lipinski definition) is 4. The lowest BCUT2D eigenvalue weighted by Gasteiger charge is -2.11. The van der Waals surface area contributed by atoms with E-state index in [-0.39, 0.29) is 13.2 Å². The van der Waals surface area contributed by atoms with Crippen molar-refractivity contribution < 1.29 is 18.4 Å². The predicted molar refractivity (Wildman–Crippen MR) is 45.2 cm³/mol. The normalized spacial score (nSPS) is 11.5. The third kappa shape index (κ3) is 3.38. The Morgan fingerprint density at radius 3 is 1.91 bits per heavy atom. The van der Waals surface area contributed by atoms with E-state index in [2.05, 4.69) is 21.7 Å². The van der Waals surface area contributed by atoms with Crippen molar-refractivity contribution in [3.8, 4) is 0 Å². The van der Waals surface area contributed by atoms with E-state index < -0.39 is 12.5 Å². The minimum absolute atomic E-state index is 0.170. The van der Waals surface area contributed by atoms with Crippen molar-refractivity contribution in [2.75, 3.05) is 13.2 Å². The van der Waals surface area contributed by atoms with E-state index in [1.54, 1.807) is 13.8 Å². The van der Waals surface area contributed by atoms with Gasteiger partial charge in [-0.3, -0.25) is 9.36 Å². The second-order valence-corrected chi connectivity index (χ2v) is 4.29. The highest BCUT2D eigenvalue weighted by atomic mass is 32.1. The Balaban J connectivity index is 4.27. The number of rotatable bonds is 5. The summed E-state index contributed by atoms with van der Waals surface area (Å²) >= 11 is 3.39. The molecule has 0 N–H and O–H groups in total. The summed E-state index contributed by atoms with van der Waals surface area (Å²) in [6.45, 7) is 3.60. The van der Waals surface area contributed by atoms with Gasteiger partial charge in [0.1, 0.15) is 0 Å². The molecule has 0 aromatic carbocycles. The van der Waals surface area contributed by atoms with Crippen LogP contribution in [0.1, 0.15) is 13.8 Å². The van der Waals surface area contributed by atoms with E-state index >= 15 is 0 Å². The molecule has 0 fully saturated rings. The molecule has 0 unspecified atom stereocenters. The summed E-state index contributed by atoms with van der Waals surface area (Å²) in [5.41, 5.74) is 0. The Kier molecular flexibility index (Phi) is 5.01. The fraction of sp³-hybridized carbons (Fsp3) is 0.800. The second-order valence-electron chi connectivity index (χ2n) is 1.62. The summed E-state index contributed by atoms with van der Waals surface area (Å²) in [5, 5.41) is 0. The zero-order valence-corrected chi connectivity index (χ0v) is 8.23. The minimum Gasteiger partial charge on any atom is -0.303 e. The fourth-order valence-electron chi connectivity index (χ4n) is 0.488. The average Bonchev–Trinajstić information content (AvgIpc) is 1.88. The molecule has 0 spiro atoms. The van der Waals surface area contributed by atoms with Crippen molar-refractivity contribution in [2.45, 2.75) is 13.8 Å². The summed E-state index contributed by atoms with van der Waals surface area (Å²) in [6, 6.07) is 0. The van der Waals surface area contributed by atoms with Crippen LogP contribution in [-0.4, -0.2) is 18.1 Å². The number of carbonyl (C=O) groups is 1. The van der Waals surface area contributed by atoms with Crippen molar-refractivity contribution in [1.82, 2.24) is 0 Å². The standard InChI is InChI=1S/C5H11O4PS/c1-3-8-10(7,5(6)11)9-4-2/h3-4H2,1-2H3,(H,6,11). The molecule has 0 aromatic rings. The number of carbonyl (C=O) groups excluding carboxylic acids is 1. The third-order valence-corrected chi connectivity index (χ3v) is 3.23. The van der Waals surface area contributed by atoms with Crippen LogP contribution < -0.4 is 0 Å². The predicted octanol–water partition coefficient (Wildman–Crippen LogP) is 2.30. The van der Waals surface area contributed by atoms with Crippen LogP contribution in [-0.2, 0) is 13.6 Å². The van der Waals surface area contributed by atoms with Crippen molar-refractivity contribution in [1.29, 1.82) is 0 Å². The summed E-state index contributed by atoms with van der Waals surface area (Å²) in [4.78, 5) is 9.75. The topological polar surface area (TPSA) is 52.6 Å². The molecular weight excluding hydrogens is 187 g/mol. The van der Waals surface area contributed by atoms with Crippen LogP contribution in [0.25, 0.3) is 0 Å². The lowest BCUT2D eigenvalue weighted by molar-refractivity contribution is 0.216. The third-order valence-electron chi connectivity index (χ3n) is 0.832. The highest BCUT2D eigenvalue weighted by molar-refractivity contribution is 8.13. The van der Waals surface area contributed by atoms with Gasteiger partial charge in [-0.25, -0.2) is 0 Å². The Morgan fingerprint density at radius 1 is 1.36 bits per heavy atom. The van der Waals surface area contributed by atoms with Crippen LogP contribution in [0.2, 0.25) is 0 Å². The Morgan fingerprint density at radius 2 is 1.73 bits per heavy atom. The van der Waals surface area contributed by atoms with Crippen LogP contribution in [0.15, 0.2) is 0 Å². The molecular formula is C5H11O4PS. The van der Waals surface area contributed by atoms with Crippen LogP contribution in [0.5, 0.6) is 0 Å². The van der Waals surface area contributed by atoms with Gasteiger partial charge >= 0.3 is 7.60 Å². The van der Waals surface area contributed by atoms with Gasteiger partial charge in [0, 0.05) is 0 Å². The first-order valence-electron chi connectivity index (χ1n) is 3.19. The molecule has 11 heavy (non-hydrogen) atoms. The van der Waals surface area contributed by atoms with E-state index in [1.165, 1.54) is 0 Å². The Hall–Kier alpha value is 0.170. The van der Waals surface area contributed by atoms with E-state index in [1.807, 2.05) is 0 Å². The van der Waals surface area contributed by atoms with Crippen molar-refractivity contribution in [3.63, 3.8) is 0 Å². The quantitative estimate of drug-likeness (QED) is 0.544. The van der Waals surface area contributed by atoms with Crippen molar-refractivity contribution >= 4 is 25.1 Å². The van der Waals surface area contributed by atoms with Crippen LogP contribution in [0.3, 0.4) is 0 Å². The molecule has 0 aliphatic rings. The molecule has 0 saturated carbocycles. The van der Waals surface area contributed by atoms with E-state index in [0.717, 1.165) is 0 Å². The van der Waals surface area contributed by atoms with E-state index in [4.69, 9.17) is 0 Å². The smallest absolute Gasteiger partial charge is 0.303 e. The zero-order chi connectivity index (χ0) is 8.91. The molecule has 0 saturated heterocycles. The molecule has 0 amide bonds. The molecule has 0 rings (SSSR count). The molecule has 0 heterocycles. The van der Waals surface area contributed by atoms with Crippen LogP contribution >= 0.6 is 20.2 Å². The van der Waals surface area contributed by atoms with Gasteiger partial charge in [0.15, 0.2) is 0 Å². The minimum atomic E-state index is -3.57. The second kappa shape index (κ2) is 4.93. The first-order valence-corrected chi connectivity index (χ1v) is 5.18. The van der Waals surface area contributed by atoms with Gasteiger partial charge in [0.2, 0.25) is 0 Å². The average molecular weight is 198 g/mol. The largest absolute Gasteiger partial charge is 0.407 e. The summed E-state index contributed by atoms with van der Waals surface area (Å²) in [6.07, 6.45) is 0. The van der Waals surface area contributed by atoms with Gasteiger partial charge < -0.3 is 9.05 Å². The molecule has 6 heteroatoms. The van der Waals surface area contributed by atoms with Gasteiger partial charge in [0.25, 0.3) is 4.86 Å². The molecule has 66 valence electrons. The first kappa shape index (κ1) is 11.2. The van der Waals surface area contributed by atoms with Crippen molar-refractivity contribution in [2.24, 2.45) is 0 Å². The maximum absolute atomic E-state index is 11.2. The van der Waals surface area contributed by atoms with Gasteiger partial charge in [-0.2, -0.15) is 0 Å². The van der Waals surface area contributed by atoms with Crippen LogP contribution in [0.4, 0.5) is 4.79 Å². The first-order chi connectivity index (χ1) is 5.06. The monoisotopic (exact) mass is 198 g/mol. The number of thiol groups is 1. The van der Waals surface area contributed by atoms with Crippen molar-refractivity contribution in [3.05, 3.63) is 0 Å². The fourth-order valence-corrected chi connectivity index (χ4v) is 1.81. The molecule has 0 atom stereocenters. The number of hydrogen-bond donors (Lipinski definition) is 1. The Labute approximate surface area is 71.2 Å². The SMILES string of the molecule is CCOP(=O)(OCC)C(=O)S. The molecule has 0 bridgehead atoms. The highest BCUT2D eigenvalue weighted by Crippen LogP contribution is 2.50. The maximum Gasteiger partial charge on any atom is 0.407 e. The lowest BCUT2D eigenvalue weighted by Crippen LogP contribution is -1.99. The van der Waals surface area contributed by atoms with Gasteiger partial charge in [-0.15, -0.1) is 0 Å². The van der Waals surface area contributed by atoms with Crippen LogP contribution in [0, 0.1) is 0 Å². The molecule has 0 radical (unpaired) electrons. The lowest BCUT2D eigenvalue weighted by atomic mass is 10.9. The summed E-state index contributed by atoms with van der Waals surface area (Å²) in [7, 11) is -3.57. The molecule has 0 aromatic heterocycles. The summed E-state index contributed by atoms with van der Waals surface area (Å²) in [5.74, 6) is 0. The van der Waals surface area contributed by atoms with Gasteiger partial charge in [-0.05, 0) is 13.8 Å². The Bertz CT molecular complexity index is 171. The maximum atomic E-state index is 11.2. The zero-order valence-electron chi connectivity index (χ0n) is 6.44. The summed E-state index contributed by atoms with van der Waals surface area (Å²) < 4.78 is 20.5. The van der Waals surface area contributed by atoms with E-state index in [0.29, 0.717) is 0 Å². The molecule has 0 aliphatic carbocycles. The van der Waals surface area contributed by atoms with E-state index in [9.17, 15) is 9.36 Å². The molecule has 0 aliphatic heterocycles.